The SMILES string of the molecule is CC(C)NCCC(=O)Nc1cc(F)ccc1C(=O)O. The molecule has 0 bridgehead atoms. The molecule has 1 amide bonds. The van der Waals surface area contributed by atoms with E-state index in [1.54, 1.807) is 0 Å². The minimum Gasteiger partial charge on any atom is -0.478 e. The van der Waals surface area contributed by atoms with Crippen molar-refractivity contribution in [2.45, 2.75) is 26.3 Å². The first kappa shape index (κ1) is 15.1. The molecular weight excluding hydrogens is 251 g/mol. The van der Waals surface area contributed by atoms with E-state index in [1.807, 2.05) is 13.8 Å². The molecule has 19 heavy (non-hydrogen) atoms. The van der Waals surface area contributed by atoms with E-state index < -0.39 is 11.8 Å². The normalized spacial score (nSPS) is 10.5. The minimum absolute atomic E-state index is 0.0259. The number of halogens is 1. The summed E-state index contributed by atoms with van der Waals surface area (Å²) < 4.78 is 13.1. The van der Waals surface area contributed by atoms with E-state index >= 15 is 0 Å². The van der Waals surface area contributed by atoms with Crippen molar-refractivity contribution in [3.8, 4) is 0 Å². The lowest BCUT2D eigenvalue weighted by Gasteiger charge is -2.10. The number of hydrogen-bond acceptors (Lipinski definition) is 3. The number of anilines is 1. The van der Waals surface area contributed by atoms with E-state index in [0.717, 1.165) is 18.2 Å². The zero-order chi connectivity index (χ0) is 14.4. The zero-order valence-corrected chi connectivity index (χ0v) is 10.9. The van der Waals surface area contributed by atoms with Crippen molar-refractivity contribution in [3.05, 3.63) is 29.6 Å². The van der Waals surface area contributed by atoms with Crippen molar-refractivity contribution in [2.24, 2.45) is 0 Å². The molecule has 0 aliphatic rings. The number of carbonyl (C=O) groups excluding carboxylic acids is 1. The first-order chi connectivity index (χ1) is 8.90. The predicted octanol–water partition coefficient (Wildman–Crippen LogP) is 1.85. The summed E-state index contributed by atoms with van der Waals surface area (Å²) in [5, 5.41) is 14.4. The summed E-state index contributed by atoms with van der Waals surface area (Å²) in [5.74, 6) is -2.17. The second-order valence-corrected chi connectivity index (χ2v) is 4.40. The fourth-order valence-electron chi connectivity index (χ4n) is 1.49. The predicted molar refractivity (Wildman–Crippen MR) is 69.7 cm³/mol. The number of carboxylic acid groups (broad SMARTS) is 1. The maximum Gasteiger partial charge on any atom is 0.337 e. The van der Waals surface area contributed by atoms with Crippen LogP contribution in [0.1, 0.15) is 30.6 Å². The first-order valence-electron chi connectivity index (χ1n) is 5.96. The van der Waals surface area contributed by atoms with Crippen molar-refractivity contribution in [1.29, 1.82) is 0 Å². The van der Waals surface area contributed by atoms with Crippen LogP contribution in [0.5, 0.6) is 0 Å². The summed E-state index contributed by atoms with van der Waals surface area (Å²) in [7, 11) is 0. The Labute approximate surface area is 110 Å². The average molecular weight is 268 g/mol. The summed E-state index contributed by atoms with van der Waals surface area (Å²) in [6.45, 7) is 4.38. The Morgan fingerprint density at radius 1 is 1.37 bits per heavy atom. The molecule has 0 saturated heterocycles. The lowest BCUT2D eigenvalue weighted by molar-refractivity contribution is -0.116. The van der Waals surface area contributed by atoms with Gasteiger partial charge in [0, 0.05) is 19.0 Å². The summed E-state index contributed by atoms with van der Waals surface area (Å²) in [6, 6.07) is 3.42. The largest absolute Gasteiger partial charge is 0.478 e. The standard InChI is InChI=1S/C13H17FN2O3/c1-8(2)15-6-5-12(17)16-11-7-9(14)3-4-10(11)13(18)19/h3-4,7-8,15H,5-6H2,1-2H3,(H,16,17)(H,18,19). The van der Waals surface area contributed by atoms with Crippen molar-refractivity contribution in [3.63, 3.8) is 0 Å². The lowest BCUT2D eigenvalue weighted by Crippen LogP contribution is -2.27. The first-order valence-corrected chi connectivity index (χ1v) is 5.96. The smallest absolute Gasteiger partial charge is 0.337 e. The number of aromatic carboxylic acids is 1. The third-order valence-electron chi connectivity index (χ3n) is 2.39. The Morgan fingerprint density at radius 2 is 2.05 bits per heavy atom. The summed E-state index contributed by atoms with van der Waals surface area (Å²) in [6.07, 6.45) is 0.188. The number of rotatable bonds is 6. The molecule has 0 unspecified atom stereocenters. The number of nitrogens with one attached hydrogen (secondary N) is 2. The molecule has 0 aliphatic heterocycles. The quantitative estimate of drug-likeness (QED) is 0.735. The number of benzene rings is 1. The molecule has 1 aromatic rings. The molecule has 0 fully saturated rings. The van der Waals surface area contributed by atoms with Crippen LogP contribution < -0.4 is 10.6 Å². The van der Waals surface area contributed by atoms with Crippen LogP contribution in [0.15, 0.2) is 18.2 Å². The van der Waals surface area contributed by atoms with Gasteiger partial charge in [-0.15, -0.1) is 0 Å². The Balaban J connectivity index is 2.67. The fraction of sp³-hybridized carbons (Fsp3) is 0.385. The molecule has 0 aliphatic carbocycles. The van der Waals surface area contributed by atoms with Crippen LogP contribution >= 0.6 is 0 Å². The summed E-state index contributed by atoms with van der Waals surface area (Å²) >= 11 is 0. The second kappa shape index (κ2) is 6.84. The molecule has 1 rings (SSSR count). The van der Waals surface area contributed by atoms with E-state index in [4.69, 9.17) is 5.11 Å². The van der Waals surface area contributed by atoms with Crippen molar-refractivity contribution < 1.29 is 19.1 Å². The van der Waals surface area contributed by atoms with E-state index in [2.05, 4.69) is 10.6 Å². The van der Waals surface area contributed by atoms with Crippen LogP contribution in [0.3, 0.4) is 0 Å². The van der Waals surface area contributed by atoms with Crippen molar-refractivity contribution in [2.75, 3.05) is 11.9 Å². The highest BCUT2D eigenvalue weighted by Crippen LogP contribution is 2.17. The van der Waals surface area contributed by atoms with E-state index in [-0.39, 0.29) is 29.6 Å². The average Bonchev–Trinajstić information content (AvgIpc) is 2.27. The van der Waals surface area contributed by atoms with Gasteiger partial charge in [-0.2, -0.15) is 0 Å². The topological polar surface area (TPSA) is 78.4 Å². The van der Waals surface area contributed by atoms with Crippen molar-refractivity contribution in [1.82, 2.24) is 5.32 Å². The lowest BCUT2D eigenvalue weighted by atomic mass is 10.1. The zero-order valence-electron chi connectivity index (χ0n) is 10.9. The Morgan fingerprint density at radius 3 is 2.63 bits per heavy atom. The van der Waals surface area contributed by atoms with Crippen LogP contribution in [0.25, 0.3) is 0 Å². The Kier molecular flexibility index (Phi) is 5.44. The van der Waals surface area contributed by atoms with Gasteiger partial charge < -0.3 is 15.7 Å². The van der Waals surface area contributed by atoms with Gasteiger partial charge in [-0.3, -0.25) is 4.79 Å². The molecule has 0 spiro atoms. The van der Waals surface area contributed by atoms with Gasteiger partial charge in [0.05, 0.1) is 11.3 Å². The van der Waals surface area contributed by atoms with Crippen LogP contribution in [-0.4, -0.2) is 29.6 Å². The maximum atomic E-state index is 13.1. The second-order valence-electron chi connectivity index (χ2n) is 4.40. The number of carboxylic acids is 1. The third kappa shape index (κ3) is 5.05. The fourth-order valence-corrected chi connectivity index (χ4v) is 1.49. The van der Waals surface area contributed by atoms with Gasteiger partial charge >= 0.3 is 5.97 Å². The van der Waals surface area contributed by atoms with Crippen LogP contribution in [0.2, 0.25) is 0 Å². The van der Waals surface area contributed by atoms with Gasteiger partial charge in [-0.25, -0.2) is 9.18 Å². The Hall–Kier alpha value is -1.95. The van der Waals surface area contributed by atoms with Gasteiger partial charge in [0.1, 0.15) is 5.82 Å². The molecule has 0 radical (unpaired) electrons. The monoisotopic (exact) mass is 268 g/mol. The molecule has 0 heterocycles. The van der Waals surface area contributed by atoms with Gasteiger partial charge in [0.15, 0.2) is 0 Å². The van der Waals surface area contributed by atoms with Gasteiger partial charge in [-0.1, -0.05) is 13.8 Å². The molecule has 0 atom stereocenters. The van der Waals surface area contributed by atoms with Crippen LogP contribution in [0, 0.1) is 5.82 Å². The van der Waals surface area contributed by atoms with Crippen LogP contribution in [0.4, 0.5) is 10.1 Å². The van der Waals surface area contributed by atoms with Gasteiger partial charge in [0.2, 0.25) is 5.91 Å². The molecule has 6 heteroatoms. The molecule has 0 saturated carbocycles. The molecule has 0 aromatic heterocycles. The highest BCUT2D eigenvalue weighted by molar-refractivity contribution is 6.00. The summed E-state index contributed by atoms with van der Waals surface area (Å²) in [5.41, 5.74) is -0.159. The molecule has 1 aromatic carbocycles. The molecule has 104 valence electrons. The maximum absolute atomic E-state index is 13.1. The Bertz CT molecular complexity index is 475. The van der Waals surface area contributed by atoms with Crippen LogP contribution in [-0.2, 0) is 4.79 Å². The molecule has 3 N–H and O–H groups in total. The van der Waals surface area contributed by atoms with E-state index in [0.29, 0.717) is 6.54 Å². The van der Waals surface area contributed by atoms with Gasteiger partial charge in [0.25, 0.3) is 0 Å². The number of amides is 1. The highest BCUT2D eigenvalue weighted by Gasteiger charge is 2.13. The van der Waals surface area contributed by atoms with E-state index in [1.165, 1.54) is 0 Å². The minimum atomic E-state index is -1.21. The number of hydrogen-bond donors (Lipinski definition) is 3. The van der Waals surface area contributed by atoms with Crippen molar-refractivity contribution >= 4 is 17.6 Å². The molecular formula is C13H17FN2O3. The van der Waals surface area contributed by atoms with E-state index in [9.17, 15) is 14.0 Å². The molecule has 5 nitrogen and oxygen atoms in total. The number of carbonyl (C=O) groups is 2. The van der Waals surface area contributed by atoms with Gasteiger partial charge in [-0.05, 0) is 18.2 Å². The summed E-state index contributed by atoms with van der Waals surface area (Å²) in [4.78, 5) is 22.5. The highest BCUT2D eigenvalue weighted by atomic mass is 19.1. The third-order valence-corrected chi connectivity index (χ3v) is 2.39.